The molecule has 0 saturated carbocycles. The summed E-state index contributed by atoms with van der Waals surface area (Å²) in [5.41, 5.74) is 0. The smallest absolute Gasteiger partial charge is 0.547 e. The number of carboxylic acids is 1. The van der Waals surface area contributed by atoms with Gasteiger partial charge in [-0.3, -0.25) is 4.55 Å². The summed E-state index contributed by atoms with van der Waals surface area (Å²) < 4.78 is 31.0. The molecule has 6 nitrogen and oxygen atoms in total. The van der Waals surface area contributed by atoms with Crippen molar-refractivity contribution in [2.45, 2.75) is 59.0 Å². The van der Waals surface area contributed by atoms with E-state index in [1.807, 2.05) is 0 Å². The third-order valence-electron chi connectivity index (χ3n) is 1.94. The van der Waals surface area contributed by atoms with E-state index in [-0.39, 0.29) is 59.1 Å². The van der Waals surface area contributed by atoms with Gasteiger partial charge in [0.05, 0.1) is 5.97 Å². The van der Waals surface area contributed by atoms with Crippen molar-refractivity contribution in [2.24, 2.45) is 0 Å². The first-order valence-electron chi connectivity index (χ1n) is 5.89. The van der Waals surface area contributed by atoms with Gasteiger partial charge in [0.25, 0.3) is 0 Å². The van der Waals surface area contributed by atoms with Crippen molar-refractivity contribution < 1.29 is 86.2 Å². The van der Waals surface area contributed by atoms with Crippen molar-refractivity contribution in [3.05, 3.63) is 6.42 Å². The van der Waals surface area contributed by atoms with Crippen LogP contribution in [0.3, 0.4) is 0 Å². The molecule has 0 aromatic heterocycles. The molecule has 0 aromatic carbocycles. The summed E-state index contributed by atoms with van der Waals surface area (Å²) in [7, 11) is -4.69. The predicted octanol–water partition coefficient (Wildman–Crippen LogP) is -4.87. The van der Waals surface area contributed by atoms with Gasteiger partial charge in [-0.1, -0.05) is 32.6 Å². The minimum absolute atomic E-state index is 0. The van der Waals surface area contributed by atoms with E-state index >= 15 is 0 Å². The Bertz CT molecular complexity index is 302. The molecule has 0 aliphatic carbocycles. The van der Waals surface area contributed by atoms with Crippen LogP contribution in [0, 0.1) is 6.42 Å². The molecule has 1 atom stereocenters. The zero-order valence-electron chi connectivity index (χ0n) is 13.1. The second-order valence-electron chi connectivity index (χ2n) is 3.74. The molecule has 1 N–H and O–H groups in total. The van der Waals surface area contributed by atoms with Crippen LogP contribution >= 0.6 is 0 Å². The summed E-state index contributed by atoms with van der Waals surface area (Å²) in [5, 5.41) is 9.77. The molecular formula is C11H22Na2O6S. The van der Waals surface area contributed by atoms with Gasteiger partial charge >= 0.3 is 69.5 Å². The Morgan fingerprint density at radius 2 is 1.80 bits per heavy atom. The summed E-state index contributed by atoms with van der Waals surface area (Å²) in [4.78, 5) is 9.77. The van der Waals surface area contributed by atoms with Crippen molar-refractivity contribution >= 4 is 16.4 Å². The molecule has 0 aliphatic rings. The fourth-order valence-electron chi connectivity index (χ4n) is 0.997. The summed E-state index contributed by atoms with van der Waals surface area (Å²) in [6.07, 6.45) is 7.45. The third kappa shape index (κ3) is 27.6. The first-order chi connectivity index (χ1) is 8.24. The Hall–Kier alpha value is 1.34. The van der Waals surface area contributed by atoms with E-state index in [0.29, 0.717) is 0 Å². The molecule has 0 saturated heterocycles. The van der Waals surface area contributed by atoms with Crippen LogP contribution in [-0.4, -0.2) is 25.0 Å². The minimum atomic E-state index is -4.69. The van der Waals surface area contributed by atoms with Gasteiger partial charge in [0.1, 0.15) is 6.10 Å². The molecule has 20 heavy (non-hydrogen) atoms. The van der Waals surface area contributed by atoms with Crippen LogP contribution in [0.4, 0.5) is 0 Å². The van der Waals surface area contributed by atoms with E-state index in [2.05, 4.69) is 24.5 Å². The van der Waals surface area contributed by atoms with E-state index < -0.39 is 22.5 Å². The minimum Gasteiger partial charge on any atom is -0.547 e. The average Bonchev–Trinajstić information content (AvgIpc) is 2.23. The standard InChI is InChI=1S/C8H17.C3H6O6S.2Na/c1-3-5-7-8-6-4-2;1-2(3(4)5)9-10(6,7)8;;/h3H,4-8H2,1-2H3;2H,1H3,(H,4,5)(H,6,7,8);;/q-1;;2*+1/p-1. The molecule has 0 spiro atoms. The van der Waals surface area contributed by atoms with Crippen LogP contribution in [-0.2, 0) is 19.4 Å². The van der Waals surface area contributed by atoms with E-state index in [9.17, 15) is 18.3 Å². The summed E-state index contributed by atoms with van der Waals surface area (Å²) in [6.45, 7) is 5.30. The van der Waals surface area contributed by atoms with Gasteiger partial charge in [-0.15, -0.1) is 0 Å². The molecule has 0 fully saturated rings. The largest absolute Gasteiger partial charge is 1.00 e. The number of carboxylic acid groups (broad SMARTS) is 1. The summed E-state index contributed by atoms with van der Waals surface area (Å²) in [6, 6.07) is 0. The number of carbonyl (C=O) groups excluding carboxylic acids is 1. The zero-order chi connectivity index (χ0) is 14.6. The monoisotopic (exact) mass is 328 g/mol. The maximum absolute atomic E-state index is 9.79. The second-order valence-corrected chi connectivity index (χ2v) is 4.79. The van der Waals surface area contributed by atoms with Gasteiger partial charge in [-0.05, 0) is 6.92 Å². The topological polar surface area (TPSA) is 104 Å². The van der Waals surface area contributed by atoms with E-state index in [4.69, 9.17) is 4.55 Å². The molecule has 0 aromatic rings. The van der Waals surface area contributed by atoms with Crippen LogP contribution in [0.25, 0.3) is 0 Å². The van der Waals surface area contributed by atoms with Crippen molar-refractivity contribution in [2.75, 3.05) is 0 Å². The normalized spacial score (nSPS) is 11.2. The Balaban J connectivity index is -0.000000119. The Morgan fingerprint density at radius 1 is 1.30 bits per heavy atom. The van der Waals surface area contributed by atoms with Crippen LogP contribution in [0.15, 0.2) is 0 Å². The molecule has 0 aliphatic heterocycles. The molecular weight excluding hydrogens is 306 g/mol. The van der Waals surface area contributed by atoms with Gasteiger partial charge in [-0.25, -0.2) is 4.18 Å². The van der Waals surface area contributed by atoms with Crippen LogP contribution in [0.5, 0.6) is 0 Å². The fourth-order valence-corrected chi connectivity index (χ4v) is 1.44. The van der Waals surface area contributed by atoms with Gasteiger partial charge < -0.3 is 16.3 Å². The quantitative estimate of drug-likeness (QED) is 0.207. The third-order valence-corrected chi connectivity index (χ3v) is 2.48. The van der Waals surface area contributed by atoms with Crippen molar-refractivity contribution in [1.29, 1.82) is 0 Å². The van der Waals surface area contributed by atoms with Crippen molar-refractivity contribution in [3.63, 3.8) is 0 Å². The van der Waals surface area contributed by atoms with Gasteiger partial charge in [0.15, 0.2) is 0 Å². The molecule has 1 unspecified atom stereocenters. The SMILES string of the molecule is CC(OS(=O)(=O)O)C(=O)[O-].C[CH-]CCCCCC.[Na+].[Na+]. The molecule has 0 heterocycles. The summed E-state index contributed by atoms with van der Waals surface area (Å²) >= 11 is 0. The first-order valence-corrected chi connectivity index (χ1v) is 7.25. The number of carbonyl (C=O) groups is 1. The molecule has 110 valence electrons. The zero-order valence-corrected chi connectivity index (χ0v) is 17.9. The Kier molecular flexibility index (Phi) is 27.0. The fraction of sp³-hybridized carbons (Fsp3) is 0.818. The number of rotatable bonds is 8. The van der Waals surface area contributed by atoms with Gasteiger partial charge in [-0.2, -0.15) is 21.8 Å². The van der Waals surface area contributed by atoms with Crippen LogP contribution in [0.1, 0.15) is 52.9 Å². The second kappa shape index (κ2) is 18.4. The molecule has 0 amide bonds. The van der Waals surface area contributed by atoms with Gasteiger partial charge in [0.2, 0.25) is 0 Å². The maximum Gasteiger partial charge on any atom is 1.00 e. The predicted molar refractivity (Wildman–Crippen MR) is 65.8 cm³/mol. The van der Waals surface area contributed by atoms with E-state index in [0.717, 1.165) is 6.92 Å². The number of hydrogen-bond donors (Lipinski definition) is 1. The molecule has 0 bridgehead atoms. The van der Waals surface area contributed by atoms with Gasteiger partial charge in [0, 0.05) is 0 Å². The average molecular weight is 328 g/mol. The number of hydrogen-bond acceptors (Lipinski definition) is 5. The summed E-state index contributed by atoms with van der Waals surface area (Å²) in [5.74, 6) is -1.71. The number of aliphatic carboxylic acids is 1. The Labute approximate surface area is 166 Å². The van der Waals surface area contributed by atoms with Crippen LogP contribution in [0.2, 0.25) is 0 Å². The van der Waals surface area contributed by atoms with E-state index in [1.54, 1.807) is 0 Å². The van der Waals surface area contributed by atoms with Crippen molar-refractivity contribution in [1.82, 2.24) is 0 Å². The van der Waals surface area contributed by atoms with Crippen LogP contribution < -0.4 is 64.2 Å². The van der Waals surface area contributed by atoms with Crippen molar-refractivity contribution in [3.8, 4) is 0 Å². The van der Waals surface area contributed by atoms with E-state index in [1.165, 1.54) is 32.1 Å². The molecule has 0 radical (unpaired) electrons. The Morgan fingerprint density at radius 3 is 2.05 bits per heavy atom. The molecule has 9 heteroatoms. The first kappa shape index (κ1) is 29.4. The molecule has 0 rings (SSSR count). The number of unbranched alkanes of at least 4 members (excludes halogenated alkanes) is 5. The maximum atomic E-state index is 9.79.